The van der Waals surface area contributed by atoms with Crippen molar-refractivity contribution in [3.63, 3.8) is 0 Å². The first kappa shape index (κ1) is 11.5. The summed E-state index contributed by atoms with van der Waals surface area (Å²) in [7, 11) is 0. The predicted molar refractivity (Wildman–Crippen MR) is 65.0 cm³/mol. The number of hydrogen-bond acceptors (Lipinski definition) is 2. The van der Waals surface area contributed by atoms with Crippen LogP contribution < -0.4 is 4.74 Å². The minimum Gasteiger partial charge on any atom is -0.488 e. The van der Waals surface area contributed by atoms with Crippen molar-refractivity contribution >= 4 is 0 Å². The van der Waals surface area contributed by atoms with Crippen LogP contribution in [0.15, 0.2) is 18.2 Å². The van der Waals surface area contributed by atoms with Crippen molar-refractivity contribution in [3.05, 3.63) is 29.3 Å². The number of ether oxygens (including phenoxy) is 1. The van der Waals surface area contributed by atoms with Gasteiger partial charge in [0.05, 0.1) is 0 Å². The highest BCUT2D eigenvalue weighted by atomic mass is 16.5. The predicted octanol–water partition coefficient (Wildman–Crippen LogP) is 2.89. The van der Waals surface area contributed by atoms with Gasteiger partial charge in [-0.3, -0.25) is 0 Å². The summed E-state index contributed by atoms with van der Waals surface area (Å²) in [5.74, 6) is 1.21. The largest absolute Gasteiger partial charge is 0.488 e. The van der Waals surface area contributed by atoms with Crippen LogP contribution in [-0.2, 0) is 6.42 Å². The average molecular weight is 220 g/mol. The summed E-state index contributed by atoms with van der Waals surface area (Å²) in [5, 5.41) is 9.14. The van der Waals surface area contributed by atoms with Gasteiger partial charge in [0, 0.05) is 12.5 Å². The number of hydrogen-bond donors (Lipinski definition) is 1. The van der Waals surface area contributed by atoms with E-state index in [0.717, 1.165) is 18.6 Å². The third-order valence-electron chi connectivity index (χ3n) is 3.31. The summed E-state index contributed by atoms with van der Waals surface area (Å²) in [6, 6.07) is 6.27. The molecule has 0 aromatic heterocycles. The second-order valence-electron chi connectivity index (χ2n) is 5.31. The van der Waals surface area contributed by atoms with Crippen molar-refractivity contribution in [2.75, 3.05) is 6.61 Å². The lowest BCUT2D eigenvalue weighted by molar-refractivity contribution is 0.0846. The van der Waals surface area contributed by atoms with Crippen LogP contribution in [0.2, 0.25) is 0 Å². The number of rotatable bonds is 2. The van der Waals surface area contributed by atoms with Crippen LogP contribution in [-0.4, -0.2) is 17.3 Å². The van der Waals surface area contributed by atoms with E-state index >= 15 is 0 Å². The van der Waals surface area contributed by atoms with E-state index in [-0.39, 0.29) is 18.1 Å². The molecule has 1 atom stereocenters. The normalized spacial score (nSPS) is 19.8. The van der Waals surface area contributed by atoms with Gasteiger partial charge in [0.2, 0.25) is 0 Å². The van der Waals surface area contributed by atoms with Crippen molar-refractivity contribution in [3.8, 4) is 5.75 Å². The fourth-order valence-electron chi connectivity index (χ4n) is 2.09. The van der Waals surface area contributed by atoms with Crippen molar-refractivity contribution in [2.24, 2.45) is 0 Å². The molecule has 1 heterocycles. The van der Waals surface area contributed by atoms with Crippen LogP contribution in [0.3, 0.4) is 0 Å². The van der Waals surface area contributed by atoms with E-state index in [9.17, 15) is 0 Å². The zero-order chi connectivity index (χ0) is 11.8. The zero-order valence-corrected chi connectivity index (χ0v) is 10.3. The van der Waals surface area contributed by atoms with Crippen LogP contribution in [0, 0.1) is 0 Å². The van der Waals surface area contributed by atoms with E-state index in [1.54, 1.807) is 0 Å². The van der Waals surface area contributed by atoms with Crippen LogP contribution in [0.4, 0.5) is 0 Å². The maximum absolute atomic E-state index is 9.14. The van der Waals surface area contributed by atoms with Crippen molar-refractivity contribution in [1.29, 1.82) is 0 Å². The molecular formula is C14H20O2. The Bertz CT molecular complexity index is 382. The molecule has 2 nitrogen and oxygen atoms in total. The maximum Gasteiger partial charge on any atom is 0.123 e. The molecule has 0 aliphatic carbocycles. The topological polar surface area (TPSA) is 29.5 Å². The van der Waals surface area contributed by atoms with Gasteiger partial charge in [-0.25, -0.2) is 0 Å². The standard InChI is InChI=1S/C14H20O2/c1-10(9-15)11-4-5-13-12(8-11)6-7-14(2,3)16-13/h4-5,8,10,15H,6-7,9H2,1-3H3. The van der Waals surface area contributed by atoms with E-state index in [0.29, 0.717) is 0 Å². The van der Waals surface area contributed by atoms with Gasteiger partial charge < -0.3 is 9.84 Å². The molecule has 2 rings (SSSR count). The first-order valence-electron chi connectivity index (χ1n) is 5.94. The molecule has 16 heavy (non-hydrogen) atoms. The van der Waals surface area contributed by atoms with Gasteiger partial charge in [-0.15, -0.1) is 0 Å². The lowest BCUT2D eigenvalue weighted by atomic mass is 9.91. The van der Waals surface area contributed by atoms with Crippen LogP contribution >= 0.6 is 0 Å². The highest BCUT2D eigenvalue weighted by Gasteiger charge is 2.26. The van der Waals surface area contributed by atoms with Gasteiger partial charge in [-0.05, 0) is 43.9 Å². The third-order valence-corrected chi connectivity index (χ3v) is 3.31. The summed E-state index contributed by atoms with van der Waals surface area (Å²) < 4.78 is 5.93. The van der Waals surface area contributed by atoms with E-state index < -0.39 is 0 Å². The quantitative estimate of drug-likeness (QED) is 0.830. The Labute approximate surface area is 97.3 Å². The van der Waals surface area contributed by atoms with Crippen molar-refractivity contribution in [1.82, 2.24) is 0 Å². The Hall–Kier alpha value is -1.02. The van der Waals surface area contributed by atoms with Crippen molar-refractivity contribution in [2.45, 2.75) is 45.1 Å². The lowest BCUT2D eigenvalue weighted by Crippen LogP contribution is -2.32. The zero-order valence-electron chi connectivity index (χ0n) is 10.3. The monoisotopic (exact) mass is 220 g/mol. The number of aliphatic hydroxyl groups excluding tert-OH is 1. The molecule has 1 aliphatic rings. The van der Waals surface area contributed by atoms with Gasteiger partial charge in [0.1, 0.15) is 11.4 Å². The van der Waals surface area contributed by atoms with Gasteiger partial charge in [0.15, 0.2) is 0 Å². The molecule has 1 unspecified atom stereocenters. The molecule has 0 spiro atoms. The molecular weight excluding hydrogens is 200 g/mol. The van der Waals surface area contributed by atoms with E-state index in [1.165, 1.54) is 11.1 Å². The molecule has 0 saturated carbocycles. The highest BCUT2D eigenvalue weighted by molar-refractivity contribution is 5.40. The van der Waals surface area contributed by atoms with Gasteiger partial charge >= 0.3 is 0 Å². The average Bonchev–Trinajstić information content (AvgIpc) is 2.26. The maximum atomic E-state index is 9.14. The highest BCUT2D eigenvalue weighted by Crippen LogP contribution is 2.34. The van der Waals surface area contributed by atoms with E-state index in [1.807, 2.05) is 13.0 Å². The van der Waals surface area contributed by atoms with Crippen LogP contribution in [0.5, 0.6) is 5.75 Å². The minimum absolute atomic E-state index is 0.0445. The molecule has 1 aromatic carbocycles. The first-order valence-corrected chi connectivity index (χ1v) is 5.94. The molecule has 1 aliphatic heterocycles. The van der Waals surface area contributed by atoms with Crippen LogP contribution in [0.25, 0.3) is 0 Å². The van der Waals surface area contributed by atoms with Gasteiger partial charge in [0.25, 0.3) is 0 Å². The smallest absolute Gasteiger partial charge is 0.123 e. The molecule has 2 heteroatoms. The Morgan fingerprint density at radius 2 is 2.19 bits per heavy atom. The summed E-state index contributed by atoms with van der Waals surface area (Å²) in [6.45, 7) is 6.49. The summed E-state index contributed by atoms with van der Waals surface area (Å²) >= 11 is 0. The summed E-state index contributed by atoms with van der Waals surface area (Å²) in [4.78, 5) is 0. The number of aliphatic hydroxyl groups is 1. The molecule has 0 fully saturated rings. The first-order chi connectivity index (χ1) is 7.52. The summed E-state index contributed by atoms with van der Waals surface area (Å²) in [5.41, 5.74) is 2.43. The van der Waals surface area contributed by atoms with Gasteiger partial charge in [-0.1, -0.05) is 19.1 Å². The fraction of sp³-hybridized carbons (Fsp3) is 0.571. The molecule has 0 bridgehead atoms. The molecule has 0 amide bonds. The molecule has 0 radical (unpaired) electrons. The molecule has 88 valence electrons. The number of benzene rings is 1. The third kappa shape index (κ3) is 2.22. The molecule has 0 saturated heterocycles. The number of fused-ring (bicyclic) bond motifs is 1. The second-order valence-corrected chi connectivity index (χ2v) is 5.31. The van der Waals surface area contributed by atoms with Gasteiger partial charge in [-0.2, -0.15) is 0 Å². The lowest BCUT2D eigenvalue weighted by Gasteiger charge is -2.33. The second kappa shape index (κ2) is 4.10. The fourth-order valence-corrected chi connectivity index (χ4v) is 2.09. The SMILES string of the molecule is CC(CO)c1ccc2c(c1)CCC(C)(C)O2. The number of aryl methyl sites for hydroxylation is 1. The summed E-state index contributed by atoms with van der Waals surface area (Å²) in [6.07, 6.45) is 2.12. The van der Waals surface area contributed by atoms with Crippen LogP contribution in [0.1, 0.15) is 44.2 Å². The Morgan fingerprint density at radius 1 is 1.44 bits per heavy atom. The Morgan fingerprint density at radius 3 is 2.88 bits per heavy atom. The minimum atomic E-state index is -0.0445. The van der Waals surface area contributed by atoms with Crippen molar-refractivity contribution < 1.29 is 9.84 Å². The van der Waals surface area contributed by atoms with E-state index in [2.05, 4.69) is 26.0 Å². The Kier molecular flexibility index (Phi) is 2.94. The molecule has 1 aromatic rings. The molecule has 1 N–H and O–H groups in total. The van der Waals surface area contributed by atoms with E-state index in [4.69, 9.17) is 9.84 Å². The Balaban J connectivity index is 2.28.